The summed E-state index contributed by atoms with van der Waals surface area (Å²) in [4.78, 5) is 14.6. The van der Waals surface area contributed by atoms with Gasteiger partial charge < -0.3 is 24.8 Å². The van der Waals surface area contributed by atoms with Crippen molar-refractivity contribution >= 4 is 11.7 Å². The quantitative estimate of drug-likeness (QED) is 0.822. The molecule has 0 aromatic heterocycles. The van der Waals surface area contributed by atoms with Gasteiger partial charge in [0.15, 0.2) is 11.5 Å². The van der Waals surface area contributed by atoms with Gasteiger partial charge >= 0.3 is 6.03 Å². The lowest BCUT2D eigenvalue weighted by Gasteiger charge is -2.40. The van der Waals surface area contributed by atoms with E-state index in [1.165, 1.54) is 0 Å². The number of nitrogens with zero attached hydrogens (tertiary/aromatic N) is 1. The van der Waals surface area contributed by atoms with Gasteiger partial charge in [0, 0.05) is 36.9 Å². The van der Waals surface area contributed by atoms with E-state index >= 15 is 0 Å². The van der Waals surface area contributed by atoms with Crippen molar-refractivity contribution in [3.8, 4) is 11.5 Å². The van der Waals surface area contributed by atoms with Crippen molar-refractivity contribution in [1.82, 2.24) is 10.2 Å². The third-order valence-electron chi connectivity index (χ3n) is 4.53. The van der Waals surface area contributed by atoms with Gasteiger partial charge in [0.25, 0.3) is 0 Å². The molecule has 0 bridgehead atoms. The zero-order chi connectivity index (χ0) is 18.4. The number of anilines is 1. The molecule has 1 heterocycles. The molecule has 2 rings (SSSR count). The van der Waals surface area contributed by atoms with Gasteiger partial charge in [-0.1, -0.05) is 0 Å². The van der Waals surface area contributed by atoms with Gasteiger partial charge in [-0.25, -0.2) is 4.79 Å². The van der Waals surface area contributed by atoms with E-state index in [1.807, 2.05) is 13.0 Å². The molecule has 1 aromatic rings. The number of carbonyl (C=O) groups excluding carboxylic acids is 1. The Hall–Kier alpha value is -1.99. The predicted octanol–water partition coefficient (Wildman–Crippen LogP) is 2.24. The summed E-state index contributed by atoms with van der Waals surface area (Å²) in [7, 11) is 3.16. The molecule has 0 atom stereocenters. The second-order valence-corrected chi connectivity index (χ2v) is 6.74. The molecule has 7 heteroatoms. The van der Waals surface area contributed by atoms with Crippen LogP contribution in [0.5, 0.6) is 11.5 Å². The zero-order valence-corrected chi connectivity index (χ0v) is 15.8. The van der Waals surface area contributed by atoms with Crippen LogP contribution < -0.4 is 20.1 Å². The highest BCUT2D eigenvalue weighted by molar-refractivity contribution is 5.90. The number of carbonyl (C=O) groups is 1. The van der Waals surface area contributed by atoms with E-state index in [4.69, 9.17) is 14.2 Å². The van der Waals surface area contributed by atoms with Crippen LogP contribution in [0.3, 0.4) is 0 Å². The summed E-state index contributed by atoms with van der Waals surface area (Å²) < 4.78 is 15.9. The van der Waals surface area contributed by atoms with Crippen molar-refractivity contribution in [1.29, 1.82) is 0 Å². The van der Waals surface area contributed by atoms with Crippen molar-refractivity contribution in [3.63, 3.8) is 0 Å². The van der Waals surface area contributed by atoms with E-state index in [0.29, 0.717) is 23.7 Å². The molecule has 7 nitrogen and oxygen atoms in total. The fourth-order valence-electron chi connectivity index (χ4n) is 2.86. The number of aryl methyl sites for hydroxylation is 1. The van der Waals surface area contributed by atoms with E-state index < -0.39 is 0 Å². The maximum atomic E-state index is 12.3. The van der Waals surface area contributed by atoms with E-state index in [9.17, 15) is 4.79 Å². The van der Waals surface area contributed by atoms with Crippen molar-refractivity contribution in [2.45, 2.75) is 26.3 Å². The van der Waals surface area contributed by atoms with Gasteiger partial charge in [0.1, 0.15) is 0 Å². The van der Waals surface area contributed by atoms with Crippen LogP contribution in [-0.2, 0) is 4.74 Å². The standard InChI is InChI=1S/C18H29N3O4/c1-13-10-15(23-4)16(24-5)11-14(13)20-17(22)19-12-18(2,3)21-6-8-25-9-7-21/h10-11H,6-9,12H2,1-5H3,(H2,19,20,22). The van der Waals surface area contributed by atoms with Crippen LogP contribution in [0.4, 0.5) is 10.5 Å². The molecule has 1 aliphatic heterocycles. The summed E-state index contributed by atoms with van der Waals surface area (Å²) >= 11 is 0. The predicted molar refractivity (Wildman–Crippen MR) is 97.8 cm³/mol. The Labute approximate surface area is 149 Å². The average Bonchev–Trinajstić information content (AvgIpc) is 2.62. The minimum Gasteiger partial charge on any atom is -0.493 e. The normalized spacial score (nSPS) is 15.6. The molecule has 2 amide bonds. The number of methoxy groups -OCH3 is 2. The lowest BCUT2D eigenvalue weighted by Crippen LogP contribution is -2.55. The Morgan fingerprint density at radius 3 is 2.40 bits per heavy atom. The average molecular weight is 351 g/mol. The lowest BCUT2D eigenvalue weighted by molar-refractivity contribution is -0.00863. The van der Waals surface area contributed by atoms with Crippen LogP contribution in [0.15, 0.2) is 12.1 Å². The number of morpholine rings is 1. The van der Waals surface area contributed by atoms with Crippen LogP contribution in [0, 0.1) is 6.92 Å². The number of benzene rings is 1. The summed E-state index contributed by atoms with van der Waals surface area (Å²) in [6.45, 7) is 9.94. The molecule has 0 radical (unpaired) electrons. The summed E-state index contributed by atoms with van der Waals surface area (Å²) in [5, 5.41) is 5.84. The lowest BCUT2D eigenvalue weighted by atomic mass is 10.0. The molecule has 0 aliphatic carbocycles. The summed E-state index contributed by atoms with van der Waals surface area (Å²) in [5.41, 5.74) is 1.47. The summed E-state index contributed by atoms with van der Waals surface area (Å²) in [5.74, 6) is 1.22. The summed E-state index contributed by atoms with van der Waals surface area (Å²) in [6.07, 6.45) is 0. The Morgan fingerprint density at radius 1 is 1.20 bits per heavy atom. The molecule has 0 spiro atoms. The van der Waals surface area contributed by atoms with Gasteiger partial charge in [0.05, 0.1) is 27.4 Å². The maximum absolute atomic E-state index is 12.3. The Kier molecular flexibility index (Phi) is 6.50. The molecule has 1 fully saturated rings. The minimum atomic E-state index is -0.239. The molecule has 1 saturated heterocycles. The van der Waals surface area contributed by atoms with Gasteiger partial charge in [-0.2, -0.15) is 0 Å². The Balaban J connectivity index is 1.95. The number of urea groups is 1. The number of hydrogen-bond donors (Lipinski definition) is 2. The fourth-order valence-corrected chi connectivity index (χ4v) is 2.86. The number of nitrogens with one attached hydrogen (secondary N) is 2. The van der Waals surface area contributed by atoms with Crippen molar-refractivity contribution in [3.05, 3.63) is 17.7 Å². The first-order valence-electron chi connectivity index (χ1n) is 8.47. The highest BCUT2D eigenvalue weighted by Gasteiger charge is 2.28. The van der Waals surface area contributed by atoms with Gasteiger partial charge in [-0.15, -0.1) is 0 Å². The molecule has 25 heavy (non-hydrogen) atoms. The highest BCUT2D eigenvalue weighted by atomic mass is 16.5. The third kappa shape index (κ3) is 4.99. The molecule has 140 valence electrons. The van der Waals surface area contributed by atoms with E-state index in [1.54, 1.807) is 20.3 Å². The van der Waals surface area contributed by atoms with Gasteiger partial charge in [-0.3, -0.25) is 4.90 Å². The molecule has 0 unspecified atom stereocenters. The Bertz CT molecular complexity index is 598. The number of ether oxygens (including phenoxy) is 3. The first-order valence-corrected chi connectivity index (χ1v) is 8.47. The van der Waals surface area contributed by atoms with Crippen molar-refractivity contribution in [2.75, 3.05) is 52.4 Å². The fraction of sp³-hybridized carbons (Fsp3) is 0.611. The van der Waals surface area contributed by atoms with Gasteiger partial charge in [0.2, 0.25) is 0 Å². The number of rotatable bonds is 6. The Morgan fingerprint density at radius 2 is 1.80 bits per heavy atom. The molecular weight excluding hydrogens is 322 g/mol. The maximum Gasteiger partial charge on any atom is 0.319 e. The third-order valence-corrected chi connectivity index (χ3v) is 4.53. The van der Waals surface area contributed by atoms with Gasteiger partial charge in [-0.05, 0) is 32.4 Å². The second kappa shape index (κ2) is 8.40. The van der Waals surface area contributed by atoms with Crippen molar-refractivity contribution < 1.29 is 19.0 Å². The SMILES string of the molecule is COc1cc(C)c(NC(=O)NCC(C)(C)N2CCOCC2)cc1OC. The van der Waals surface area contributed by atoms with Crippen molar-refractivity contribution in [2.24, 2.45) is 0 Å². The highest BCUT2D eigenvalue weighted by Crippen LogP contribution is 2.32. The minimum absolute atomic E-state index is 0.131. The number of amides is 2. The van der Waals surface area contributed by atoms with Crippen LogP contribution >= 0.6 is 0 Å². The largest absolute Gasteiger partial charge is 0.493 e. The van der Waals surface area contributed by atoms with Crippen LogP contribution in [0.2, 0.25) is 0 Å². The topological polar surface area (TPSA) is 72.1 Å². The zero-order valence-electron chi connectivity index (χ0n) is 15.8. The van der Waals surface area contributed by atoms with E-state index in [2.05, 4.69) is 29.4 Å². The number of hydrogen-bond acceptors (Lipinski definition) is 5. The molecule has 0 saturated carbocycles. The summed E-state index contributed by atoms with van der Waals surface area (Å²) in [6, 6.07) is 3.36. The van der Waals surface area contributed by atoms with Crippen LogP contribution in [0.25, 0.3) is 0 Å². The molecule has 2 N–H and O–H groups in total. The first-order chi connectivity index (χ1) is 11.9. The van der Waals surface area contributed by atoms with E-state index in [0.717, 1.165) is 31.9 Å². The van der Waals surface area contributed by atoms with Crippen LogP contribution in [0.1, 0.15) is 19.4 Å². The molecular formula is C18H29N3O4. The molecule has 1 aliphatic rings. The first kappa shape index (κ1) is 19.3. The smallest absolute Gasteiger partial charge is 0.319 e. The van der Waals surface area contributed by atoms with E-state index in [-0.39, 0.29) is 11.6 Å². The molecule has 1 aromatic carbocycles. The second-order valence-electron chi connectivity index (χ2n) is 6.74. The van der Waals surface area contributed by atoms with Crippen LogP contribution in [-0.4, -0.2) is 63.5 Å². The monoisotopic (exact) mass is 351 g/mol.